The van der Waals surface area contributed by atoms with Crippen molar-refractivity contribution in [2.75, 3.05) is 7.11 Å². The van der Waals surface area contributed by atoms with Crippen LogP contribution in [0.4, 0.5) is 0 Å². The van der Waals surface area contributed by atoms with Gasteiger partial charge in [-0.25, -0.2) is 0 Å². The first-order valence-corrected chi connectivity index (χ1v) is 3.57. The Kier molecular flexibility index (Phi) is 2.49. The van der Waals surface area contributed by atoms with Gasteiger partial charge in [-0.3, -0.25) is 4.79 Å². The van der Waals surface area contributed by atoms with Gasteiger partial charge in [-0.15, -0.1) is 0 Å². The minimum Gasteiger partial charge on any atom is -0.469 e. The summed E-state index contributed by atoms with van der Waals surface area (Å²) in [6.45, 7) is 0. The molecule has 0 radical (unpaired) electrons. The van der Waals surface area contributed by atoms with Crippen molar-refractivity contribution >= 4 is 5.97 Å². The Morgan fingerprint density at radius 2 is 2.60 bits per heavy atom. The Hall–Kier alpha value is -0.790. The molecule has 0 saturated carbocycles. The fraction of sp³-hybridized carbons (Fsp3) is 0.625. The van der Waals surface area contributed by atoms with Crippen LogP contribution >= 0.6 is 0 Å². The van der Waals surface area contributed by atoms with Gasteiger partial charge in [0.1, 0.15) is 0 Å². The summed E-state index contributed by atoms with van der Waals surface area (Å²) < 4.78 is 4.53. The summed E-state index contributed by atoms with van der Waals surface area (Å²) in [5, 5.41) is 0. The highest BCUT2D eigenvalue weighted by Gasteiger charge is 2.08. The molecule has 0 unspecified atom stereocenters. The van der Waals surface area contributed by atoms with E-state index in [9.17, 15) is 4.79 Å². The highest BCUT2D eigenvalue weighted by Crippen LogP contribution is 2.20. The first-order valence-electron chi connectivity index (χ1n) is 3.57. The van der Waals surface area contributed by atoms with E-state index in [-0.39, 0.29) is 5.97 Å². The second-order valence-electron chi connectivity index (χ2n) is 2.51. The Labute approximate surface area is 60.9 Å². The average Bonchev–Trinajstić information content (AvgIpc) is 2.40. The summed E-state index contributed by atoms with van der Waals surface area (Å²) >= 11 is 0. The molecule has 0 fully saturated rings. The highest BCUT2D eigenvalue weighted by atomic mass is 16.5. The summed E-state index contributed by atoms with van der Waals surface area (Å²) in [6, 6.07) is 0. The number of carbonyl (C=O) groups is 1. The van der Waals surface area contributed by atoms with Gasteiger partial charge >= 0.3 is 5.97 Å². The van der Waals surface area contributed by atoms with Crippen LogP contribution in [0.5, 0.6) is 0 Å². The van der Waals surface area contributed by atoms with Gasteiger partial charge < -0.3 is 4.74 Å². The van der Waals surface area contributed by atoms with Gasteiger partial charge in [0.05, 0.1) is 13.5 Å². The molecule has 0 bridgehead atoms. The molecule has 0 N–H and O–H groups in total. The number of hydrogen-bond acceptors (Lipinski definition) is 2. The van der Waals surface area contributed by atoms with Crippen molar-refractivity contribution < 1.29 is 9.53 Å². The molecule has 0 aromatic heterocycles. The molecule has 10 heavy (non-hydrogen) atoms. The third-order valence-electron chi connectivity index (χ3n) is 1.73. The van der Waals surface area contributed by atoms with Gasteiger partial charge in [-0.2, -0.15) is 0 Å². The van der Waals surface area contributed by atoms with Gasteiger partial charge in [0.15, 0.2) is 0 Å². The quantitative estimate of drug-likeness (QED) is 0.430. The average molecular weight is 140 g/mol. The predicted molar refractivity (Wildman–Crippen MR) is 38.6 cm³/mol. The van der Waals surface area contributed by atoms with E-state index in [0.29, 0.717) is 6.42 Å². The number of ether oxygens (including phenoxy) is 1. The standard InChI is InChI=1S/C8H12O2/c1-10-8(9)6-7-4-2-3-5-7/h4H,2-3,5-6H2,1H3. The molecule has 2 nitrogen and oxygen atoms in total. The van der Waals surface area contributed by atoms with Crippen LogP contribution in [-0.4, -0.2) is 13.1 Å². The summed E-state index contributed by atoms with van der Waals surface area (Å²) in [5.41, 5.74) is 1.24. The van der Waals surface area contributed by atoms with E-state index in [1.54, 1.807) is 0 Å². The van der Waals surface area contributed by atoms with Gasteiger partial charge in [0.25, 0.3) is 0 Å². The van der Waals surface area contributed by atoms with E-state index < -0.39 is 0 Å². The van der Waals surface area contributed by atoms with Crippen LogP contribution < -0.4 is 0 Å². The van der Waals surface area contributed by atoms with E-state index in [1.807, 2.05) is 0 Å². The molecule has 0 aliphatic heterocycles. The summed E-state index contributed by atoms with van der Waals surface area (Å²) in [6.07, 6.45) is 6.04. The van der Waals surface area contributed by atoms with E-state index in [2.05, 4.69) is 10.8 Å². The predicted octanol–water partition coefficient (Wildman–Crippen LogP) is 1.66. The molecule has 1 aliphatic rings. The van der Waals surface area contributed by atoms with Gasteiger partial charge in [-0.1, -0.05) is 11.6 Å². The lowest BCUT2D eigenvalue weighted by Crippen LogP contribution is -2.00. The van der Waals surface area contributed by atoms with Crippen LogP contribution in [0, 0.1) is 0 Å². The second kappa shape index (κ2) is 3.40. The van der Waals surface area contributed by atoms with E-state index in [0.717, 1.165) is 12.8 Å². The Morgan fingerprint density at radius 3 is 3.10 bits per heavy atom. The SMILES string of the molecule is COC(=O)CC1=CCCC1. The van der Waals surface area contributed by atoms with Crippen molar-refractivity contribution in [1.29, 1.82) is 0 Å². The molecule has 0 saturated heterocycles. The largest absolute Gasteiger partial charge is 0.469 e. The Bertz CT molecular complexity index is 159. The topological polar surface area (TPSA) is 26.3 Å². The monoisotopic (exact) mass is 140 g/mol. The third-order valence-corrected chi connectivity index (χ3v) is 1.73. The summed E-state index contributed by atoms with van der Waals surface area (Å²) in [4.78, 5) is 10.7. The van der Waals surface area contributed by atoms with Crippen LogP contribution in [0.25, 0.3) is 0 Å². The minimum absolute atomic E-state index is 0.117. The van der Waals surface area contributed by atoms with Crippen LogP contribution in [-0.2, 0) is 9.53 Å². The number of hydrogen-bond donors (Lipinski definition) is 0. The Balaban J connectivity index is 2.30. The summed E-state index contributed by atoms with van der Waals surface area (Å²) in [7, 11) is 1.43. The van der Waals surface area contributed by atoms with E-state index >= 15 is 0 Å². The van der Waals surface area contributed by atoms with Gasteiger partial charge in [-0.05, 0) is 19.3 Å². The zero-order valence-corrected chi connectivity index (χ0v) is 6.22. The second-order valence-corrected chi connectivity index (χ2v) is 2.51. The fourth-order valence-corrected chi connectivity index (χ4v) is 1.16. The Morgan fingerprint density at radius 1 is 1.80 bits per heavy atom. The van der Waals surface area contributed by atoms with Gasteiger partial charge in [0.2, 0.25) is 0 Å². The zero-order valence-electron chi connectivity index (χ0n) is 6.22. The molecular formula is C8H12O2. The molecule has 2 heteroatoms. The molecule has 0 aromatic carbocycles. The van der Waals surface area contributed by atoms with Crippen molar-refractivity contribution in [3.05, 3.63) is 11.6 Å². The zero-order chi connectivity index (χ0) is 7.40. The number of carbonyl (C=O) groups excluding carboxylic acids is 1. The molecule has 1 rings (SSSR count). The molecule has 0 spiro atoms. The number of rotatable bonds is 2. The molecule has 1 aliphatic carbocycles. The van der Waals surface area contributed by atoms with Crippen molar-refractivity contribution in [1.82, 2.24) is 0 Å². The third kappa shape index (κ3) is 1.87. The van der Waals surface area contributed by atoms with Crippen LogP contribution in [0.1, 0.15) is 25.7 Å². The molecule has 0 atom stereocenters. The molecule has 56 valence electrons. The first kappa shape index (κ1) is 7.32. The molecule has 0 amide bonds. The fourth-order valence-electron chi connectivity index (χ4n) is 1.16. The maximum absolute atomic E-state index is 10.7. The summed E-state index contributed by atoms with van der Waals surface area (Å²) in [5.74, 6) is -0.117. The molecular weight excluding hydrogens is 128 g/mol. The van der Waals surface area contributed by atoms with Gasteiger partial charge in [0, 0.05) is 0 Å². The maximum Gasteiger partial charge on any atom is 0.309 e. The van der Waals surface area contributed by atoms with Crippen molar-refractivity contribution in [2.24, 2.45) is 0 Å². The number of allylic oxidation sites excluding steroid dienone is 1. The van der Waals surface area contributed by atoms with Crippen LogP contribution in [0.2, 0.25) is 0 Å². The number of esters is 1. The van der Waals surface area contributed by atoms with Crippen LogP contribution in [0.15, 0.2) is 11.6 Å². The molecule has 0 heterocycles. The van der Waals surface area contributed by atoms with Crippen LogP contribution in [0.3, 0.4) is 0 Å². The maximum atomic E-state index is 10.7. The smallest absolute Gasteiger partial charge is 0.309 e. The van der Waals surface area contributed by atoms with Crippen molar-refractivity contribution in [2.45, 2.75) is 25.7 Å². The highest BCUT2D eigenvalue weighted by molar-refractivity contribution is 5.72. The first-order chi connectivity index (χ1) is 4.83. The normalized spacial score (nSPS) is 16.7. The number of methoxy groups -OCH3 is 1. The van der Waals surface area contributed by atoms with E-state index in [1.165, 1.54) is 19.1 Å². The van der Waals surface area contributed by atoms with Crippen molar-refractivity contribution in [3.63, 3.8) is 0 Å². The lowest BCUT2D eigenvalue weighted by molar-refractivity contribution is -0.139. The van der Waals surface area contributed by atoms with Crippen molar-refractivity contribution in [3.8, 4) is 0 Å². The lowest BCUT2D eigenvalue weighted by Gasteiger charge is -1.97. The lowest BCUT2D eigenvalue weighted by atomic mass is 10.2. The molecule has 0 aromatic rings. The van der Waals surface area contributed by atoms with E-state index in [4.69, 9.17) is 0 Å². The minimum atomic E-state index is -0.117.